The second-order valence-corrected chi connectivity index (χ2v) is 4.70. The topological polar surface area (TPSA) is 34.9 Å². The van der Waals surface area contributed by atoms with Crippen LogP contribution in [0.3, 0.4) is 0 Å². The van der Waals surface area contributed by atoms with Gasteiger partial charge in [-0.1, -0.05) is 27.5 Å². The van der Waals surface area contributed by atoms with Crippen LogP contribution in [0.2, 0.25) is 5.02 Å². The molecule has 5 heteroatoms. The Morgan fingerprint density at radius 1 is 1.44 bits per heavy atom. The number of benzene rings is 1. The Morgan fingerprint density at radius 2 is 2.19 bits per heavy atom. The fourth-order valence-electron chi connectivity index (χ4n) is 1.40. The van der Waals surface area contributed by atoms with Crippen LogP contribution in [0.1, 0.15) is 16.2 Å². The predicted octanol–water partition coefficient (Wildman–Crippen LogP) is 3.07. The zero-order chi connectivity index (χ0) is 11.7. The number of imidazole rings is 1. The Balaban J connectivity index is 2.45. The number of aryl methyl sites for hydroxylation is 1. The van der Waals surface area contributed by atoms with Crippen molar-refractivity contribution in [2.24, 2.45) is 7.05 Å². The lowest BCUT2D eigenvalue weighted by Gasteiger charge is -2.02. The highest BCUT2D eigenvalue weighted by atomic mass is 79.9. The van der Waals surface area contributed by atoms with Gasteiger partial charge in [-0.2, -0.15) is 0 Å². The van der Waals surface area contributed by atoms with Crippen molar-refractivity contribution >= 4 is 33.3 Å². The molecule has 0 radical (unpaired) electrons. The van der Waals surface area contributed by atoms with Gasteiger partial charge in [0.15, 0.2) is 5.82 Å². The molecular weight excluding hydrogens is 291 g/mol. The fourth-order valence-corrected chi connectivity index (χ4v) is 2.26. The molecule has 0 spiro atoms. The van der Waals surface area contributed by atoms with E-state index in [4.69, 9.17) is 11.6 Å². The predicted molar refractivity (Wildman–Crippen MR) is 65.8 cm³/mol. The van der Waals surface area contributed by atoms with Crippen molar-refractivity contribution in [3.8, 4) is 0 Å². The molecule has 2 aromatic rings. The van der Waals surface area contributed by atoms with E-state index in [9.17, 15) is 4.79 Å². The molecule has 0 saturated carbocycles. The van der Waals surface area contributed by atoms with Crippen LogP contribution in [0.5, 0.6) is 0 Å². The SMILES string of the molecule is Cn1ccnc1C(=O)c1cc(Cl)cc(Br)c1. The van der Waals surface area contributed by atoms with Crippen molar-refractivity contribution in [3.63, 3.8) is 0 Å². The lowest BCUT2D eigenvalue weighted by molar-refractivity contribution is 0.102. The van der Waals surface area contributed by atoms with Crippen molar-refractivity contribution in [3.05, 3.63) is 51.5 Å². The number of carbonyl (C=O) groups excluding carboxylic acids is 1. The smallest absolute Gasteiger partial charge is 0.228 e. The first-order chi connectivity index (χ1) is 7.58. The van der Waals surface area contributed by atoms with Crippen LogP contribution >= 0.6 is 27.5 Å². The van der Waals surface area contributed by atoms with Gasteiger partial charge in [0.05, 0.1) is 0 Å². The van der Waals surface area contributed by atoms with Crippen LogP contribution in [0.15, 0.2) is 35.1 Å². The van der Waals surface area contributed by atoms with E-state index < -0.39 is 0 Å². The Hall–Kier alpha value is -1.13. The number of rotatable bonds is 2. The van der Waals surface area contributed by atoms with Crippen LogP contribution in [-0.4, -0.2) is 15.3 Å². The number of hydrogen-bond donors (Lipinski definition) is 0. The Kier molecular flexibility index (Phi) is 3.12. The molecule has 0 amide bonds. The molecule has 0 aliphatic rings. The molecule has 0 aliphatic heterocycles. The zero-order valence-electron chi connectivity index (χ0n) is 8.45. The Morgan fingerprint density at radius 3 is 2.75 bits per heavy atom. The summed E-state index contributed by atoms with van der Waals surface area (Å²) in [6.07, 6.45) is 3.32. The zero-order valence-corrected chi connectivity index (χ0v) is 10.8. The number of carbonyl (C=O) groups is 1. The van der Waals surface area contributed by atoms with Crippen molar-refractivity contribution in [1.29, 1.82) is 0 Å². The summed E-state index contributed by atoms with van der Waals surface area (Å²) in [6, 6.07) is 5.09. The highest BCUT2D eigenvalue weighted by molar-refractivity contribution is 9.10. The molecule has 0 N–H and O–H groups in total. The summed E-state index contributed by atoms with van der Waals surface area (Å²) in [4.78, 5) is 16.1. The molecule has 82 valence electrons. The number of aromatic nitrogens is 2. The summed E-state index contributed by atoms with van der Waals surface area (Å²) in [5, 5.41) is 0.520. The van der Waals surface area contributed by atoms with Crippen LogP contribution in [0.25, 0.3) is 0 Å². The van der Waals surface area contributed by atoms with Gasteiger partial charge in [0.1, 0.15) is 0 Å². The summed E-state index contributed by atoms with van der Waals surface area (Å²) in [5.41, 5.74) is 0.522. The van der Waals surface area contributed by atoms with Crippen LogP contribution in [0, 0.1) is 0 Å². The minimum Gasteiger partial charge on any atom is -0.331 e. The van der Waals surface area contributed by atoms with E-state index in [2.05, 4.69) is 20.9 Å². The van der Waals surface area contributed by atoms with E-state index >= 15 is 0 Å². The molecule has 0 fully saturated rings. The first kappa shape index (κ1) is 11.4. The third-order valence-electron chi connectivity index (χ3n) is 2.15. The van der Waals surface area contributed by atoms with Gasteiger partial charge in [-0.3, -0.25) is 4.79 Å². The summed E-state index contributed by atoms with van der Waals surface area (Å²) in [7, 11) is 1.78. The number of ketones is 1. The molecule has 1 heterocycles. The summed E-state index contributed by atoms with van der Waals surface area (Å²) >= 11 is 9.19. The normalized spacial score (nSPS) is 10.4. The molecule has 2 rings (SSSR count). The molecule has 0 saturated heterocycles. The molecule has 0 aliphatic carbocycles. The lowest BCUT2D eigenvalue weighted by atomic mass is 10.1. The van der Waals surface area contributed by atoms with E-state index in [0.29, 0.717) is 16.4 Å². The first-order valence-corrected chi connectivity index (χ1v) is 5.73. The summed E-state index contributed by atoms with van der Waals surface area (Å²) in [5.74, 6) is 0.255. The minimum absolute atomic E-state index is 0.143. The van der Waals surface area contributed by atoms with Gasteiger partial charge in [0, 0.05) is 34.5 Å². The Labute approximate surface area is 106 Å². The molecule has 0 unspecified atom stereocenters. The average molecular weight is 300 g/mol. The molecule has 0 bridgehead atoms. The fraction of sp³-hybridized carbons (Fsp3) is 0.0909. The molecule has 1 aromatic heterocycles. The average Bonchev–Trinajstić information content (AvgIpc) is 2.62. The van der Waals surface area contributed by atoms with E-state index in [0.717, 1.165) is 4.47 Å². The standard InChI is InChI=1S/C11H8BrClN2O/c1-15-3-2-14-11(15)10(16)7-4-8(12)6-9(13)5-7/h2-6H,1H3. The van der Waals surface area contributed by atoms with Crippen LogP contribution < -0.4 is 0 Å². The van der Waals surface area contributed by atoms with Crippen molar-refractivity contribution in [2.75, 3.05) is 0 Å². The largest absolute Gasteiger partial charge is 0.331 e. The van der Waals surface area contributed by atoms with E-state index in [1.165, 1.54) is 0 Å². The van der Waals surface area contributed by atoms with Gasteiger partial charge in [-0.15, -0.1) is 0 Å². The van der Waals surface area contributed by atoms with E-state index in [-0.39, 0.29) is 5.78 Å². The second-order valence-electron chi connectivity index (χ2n) is 3.35. The quantitative estimate of drug-likeness (QED) is 0.799. The summed E-state index contributed by atoms with van der Waals surface area (Å²) < 4.78 is 2.45. The van der Waals surface area contributed by atoms with Gasteiger partial charge >= 0.3 is 0 Å². The van der Waals surface area contributed by atoms with Gasteiger partial charge in [0.25, 0.3) is 0 Å². The molecule has 1 aromatic carbocycles. The molecule has 16 heavy (non-hydrogen) atoms. The number of hydrogen-bond acceptors (Lipinski definition) is 2. The van der Waals surface area contributed by atoms with Crippen LogP contribution in [-0.2, 0) is 7.05 Å². The van der Waals surface area contributed by atoms with Crippen molar-refractivity contribution in [1.82, 2.24) is 9.55 Å². The Bertz CT molecular complexity index is 530. The van der Waals surface area contributed by atoms with E-state index in [1.54, 1.807) is 42.2 Å². The number of nitrogens with zero attached hydrogens (tertiary/aromatic N) is 2. The lowest BCUT2D eigenvalue weighted by Crippen LogP contribution is -2.08. The highest BCUT2D eigenvalue weighted by Gasteiger charge is 2.14. The monoisotopic (exact) mass is 298 g/mol. The van der Waals surface area contributed by atoms with Gasteiger partial charge in [-0.05, 0) is 18.2 Å². The maximum Gasteiger partial charge on any atom is 0.228 e. The maximum atomic E-state index is 12.1. The summed E-state index contributed by atoms with van der Waals surface area (Å²) in [6.45, 7) is 0. The van der Waals surface area contributed by atoms with Gasteiger partial charge in [-0.25, -0.2) is 4.98 Å². The number of halogens is 2. The van der Waals surface area contributed by atoms with Gasteiger partial charge < -0.3 is 4.57 Å². The van der Waals surface area contributed by atoms with Gasteiger partial charge in [0.2, 0.25) is 5.78 Å². The van der Waals surface area contributed by atoms with Crippen molar-refractivity contribution in [2.45, 2.75) is 0 Å². The molecule has 0 atom stereocenters. The van der Waals surface area contributed by atoms with Crippen LogP contribution in [0.4, 0.5) is 0 Å². The molecular formula is C11H8BrClN2O. The maximum absolute atomic E-state index is 12.1. The van der Waals surface area contributed by atoms with E-state index in [1.807, 2.05) is 0 Å². The first-order valence-electron chi connectivity index (χ1n) is 4.56. The highest BCUT2D eigenvalue weighted by Crippen LogP contribution is 2.21. The minimum atomic E-state index is -0.143. The second kappa shape index (κ2) is 4.39. The molecule has 3 nitrogen and oxygen atoms in total. The third kappa shape index (κ3) is 2.18. The third-order valence-corrected chi connectivity index (χ3v) is 2.83. The van der Waals surface area contributed by atoms with Crippen molar-refractivity contribution < 1.29 is 4.79 Å².